The van der Waals surface area contributed by atoms with Gasteiger partial charge in [0, 0.05) is 3.57 Å². The van der Waals surface area contributed by atoms with Crippen molar-refractivity contribution in [2.45, 2.75) is 51.5 Å². The molecule has 0 radical (unpaired) electrons. The van der Waals surface area contributed by atoms with E-state index in [0.717, 1.165) is 15.6 Å². The van der Waals surface area contributed by atoms with Crippen LogP contribution in [-0.4, -0.2) is 33.3 Å². The maximum Gasteiger partial charge on any atom is 0.338 e. The zero-order chi connectivity index (χ0) is 19.0. The average Bonchev–Trinajstić information content (AvgIpc) is 2.89. The first kappa shape index (κ1) is 19.4. The highest BCUT2D eigenvalue weighted by Crippen LogP contribution is 2.44. The average molecular weight is 484 g/mol. The lowest BCUT2D eigenvalue weighted by Gasteiger charge is -2.33. The molecule has 0 aliphatic carbocycles. The van der Waals surface area contributed by atoms with Crippen LogP contribution in [0.3, 0.4) is 0 Å². The van der Waals surface area contributed by atoms with Gasteiger partial charge < -0.3 is 4.74 Å². The highest BCUT2D eigenvalue weighted by molar-refractivity contribution is 14.1. The zero-order valence-electron chi connectivity index (χ0n) is 15.2. The fraction of sp³-hybridized carbons (Fsp3) is 0.421. The van der Waals surface area contributed by atoms with Crippen LogP contribution in [0.25, 0.3) is 0 Å². The number of carbonyl (C=O) groups is 2. The molecule has 2 atom stereocenters. The summed E-state index contributed by atoms with van der Waals surface area (Å²) < 4.78 is 6.55. The number of aliphatic imine (C=N–C) groups is 1. The Morgan fingerprint density at radius 2 is 2.00 bits per heavy atom. The highest BCUT2D eigenvalue weighted by Gasteiger charge is 2.47. The molecule has 2 aliphatic heterocycles. The molecule has 0 aromatic heterocycles. The highest BCUT2D eigenvalue weighted by atomic mass is 127. The number of amides is 1. The molecule has 1 amide bonds. The molecule has 1 fully saturated rings. The van der Waals surface area contributed by atoms with Gasteiger partial charge in [-0.15, -0.1) is 0 Å². The molecule has 1 aromatic carbocycles. The van der Waals surface area contributed by atoms with Gasteiger partial charge in [-0.1, -0.05) is 30.8 Å². The Hall–Kier alpha value is -1.35. The van der Waals surface area contributed by atoms with E-state index in [9.17, 15) is 9.59 Å². The molecule has 0 bridgehead atoms. The number of carbonyl (C=O) groups excluding carboxylic acids is 2. The van der Waals surface area contributed by atoms with Crippen molar-refractivity contribution in [1.29, 1.82) is 0 Å². The summed E-state index contributed by atoms with van der Waals surface area (Å²) in [5.74, 6) is -0.413. The zero-order valence-corrected chi connectivity index (χ0v) is 18.1. The maximum absolute atomic E-state index is 13.0. The minimum absolute atomic E-state index is 0.00199. The van der Waals surface area contributed by atoms with E-state index in [1.807, 2.05) is 52.0 Å². The predicted octanol–water partition coefficient (Wildman–Crippen LogP) is 4.28. The molecule has 1 saturated heterocycles. The van der Waals surface area contributed by atoms with Gasteiger partial charge in [0.1, 0.15) is 0 Å². The van der Waals surface area contributed by atoms with E-state index in [2.05, 4.69) is 27.6 Å². The molecule has 0 unspecified atom stereocenters. The van der Waals surface area contributed by atoms with E-state index in [-0.39, 0.29) is 17.3 Å². The van der Waals surface area contributed by atoms with Crippen molar-refractivity contribution < 1.29 is 14.3 Å². The summed E-state index contributed by atoms with van der Waals surface area (Å²) >= 11 is 3.71. The van der Waals surface area contributed by atoms with Gasteiger partial charge in [0.15, 0.2) is 5.17 Å². The Labute approximate surface area is 171 Å². The van der Waals surface area contributed by atoms with Crippen molar-refractivity contribution in [3.05, 3.63) is 44.7 Å². The largest absolute Gasteiger partial charge is 0.459 e. The van der Waals surface area contributed by atoms with E-state index in [0.29, 0.717) is 16.4 Å². The first-order valence-corrected chi connectivity index (χ1v) is 10.5. The number of hydrogen-bond donors (Lipinski definition) is 0. The molecule has 3 rings (SSSR count). The van der Waals surface area contributed by atoms with Crippen LogP contribution in [0, 0.1) is 3.57 Å². The van der Waals surface area contributed by atoms with Crippen molar-refractivity contribution >= 4 is 51.4 Å². The molecular weight excluding hydrogens is 463 g/mol. The number of halogens is 1. The lowest BCUT2D eigenvalue weighted by molar-refractivity contribution is -0.143. The van der Waals surface area contributed by atoms with Gasteiger partial charge in [0.05, 0.1) is 28.7 Å². The van der Waals surface area contributed by atoms with Gasteiger partial charge in [-0.25, -0.2) is 9.79 Å². The third kappa shape index (κ3) is 3.55. The lowest BCUT2D eigenvalue weighted by Crippen LogP contribution is -2.41. The first-order valence-electron chi connectivity index (χ1n) is 8.59. The Bertz CT molecular complexity index is 802. The van der Waals surface area contributed by atoms with Crippen molar-refractivity contribution in [1.82, 2.24) is 4.90 Å². The second-order valence-electron chi connectivity index (χ2n) is 6.52. The minimum Gasteiger partial charge on any atom is -0.459 e. The third-order valence-electron chi connectivity index (χ3n) is 4.27. The van der Waals surface area contributed by atoms with Crippen molar-refractivity contribution in [2.75, 3.05) is 0 Å². The Balaban J connectivity index is 2.12. The third-order valence-corrected chi connectivity index (χ3v) is 6.31. The molecule has 26 heavy (non-hydrogen) atoms. The minimum atomic E-state index is -0.498. The molecule has 2 aliphatic rings. The van der Waals surface area contributed by atoms with Crippen LogP contribution < -0.4 is 0 Å². The molecule has 7 heteroatoms. The Morgan fingerprint density at radius 3 is 2.58 bits per heavy atom. The number of ether oxygens (including phenoxy) is 1. The van der Waals surface area contributed by atoms with E-state index in [1.165, 1.54) is 11.8 Å². The molecule has 0 spiro atoms. The number of esters is 1. The van der Waals surface area contributed by atoms with Gasteiger partial charge in [-0.2, -0.15) is 0 Å². The molecule has 0 saturated carbocycles. The number of nitrogens with zero attached hydrogens (tertiary/aromatic N) is 2. The second kappa shape index (κ2) is 7.72. The fourth-order valence-electron chi connectivity index (χ4n) is 3.09. The van der Waals surface area contributed by atoms with Gasteiger partial charge in [-0.3, -0.25) is 9.69 Å². The topological polar surface area (TPSA) is 59.0 Å². The van der Waals surface area contributed by atoms with Crippen molar-refractivity contribution in [3.8, 4) is 0 Å². The lowest BCUT2D eigenvalue weighted by atomic mass is 9.94. The van der Waals surface area contributed by atoms with E-state index >= 15 is 0 Å². The maximum atomic E-state index is 13.0. The van der Waals surface area contributed by atoms with E-state index in [4.69, 9.17) is 4.74 Å². The van der Waals surface area contributed by atoms with Crippen molar-refractivity contribution in [2.24, 2.45) is 4.99 Å². The summed E-state index contributed by atoms with van der Waals surface area (Å²) in [5.41, 5.74) is 1.94. The number of fused-ring (bicyclic) bond motifs is 1. The van der Waals surface area contributed by atoms with Gasteiger partial charge in [-0.05, 0) is 67.5 Å². The summed E-state index contributed by atoms with van der Waals surface area (Å²) in [6.07, 6.45) is 0.487. The predicted molar refractivity (Wildman–Crippen MR) is 112 cm³/mol. The van der Waals surface area contributed by atoms with E-state index < -0.39 is 12.0 Å². The van der Waals surface area contributed by atoms with Crippen LogP contribution in [0.2, 0.25) is 0 Å². The van der Waals surface area contributed by atoms with Gasteiger partial charge >= 0.3 is 5.97 Å². The monoisotopic (exact) mass is 484 g/mol. The summed E-state index contributed by atoms with van der Waals surface area (Å²) in [6.45, 7) is 7.43. The van der Waals surface area contributed by atoms with Crippen LogP contribution >= 0.6 is 34.4 Å². The fourth-order valence-corrected chi connectivity index (χ4v) is 4.58. The van der Waals surface area contributed by atoms with E-state index in [1.54, 1.807) is 4.90 Å². The number of allylic oxidation sites excluding steroid dienone is 1. The quantitative estimate of drug-likeness (QED) is 0.473. The number of thioether (sulfide) groups is 1. The molecular formula is C19H21IN2O3S. The van der Waals surface area contributed by atoms with Gasteiger partial charge in [0.2, 0.25) is 5.91 Å². The first-order chi connectivity index (χ1) is 12.3. The number of amidine groups is 1. The molecule has 1 aromatic rings. The Kier molecular flexibility index (Phi) is 5.76. The van der Waals surface area contributed by atoms with Crippen LogP contribution in [0.4, 0.5) is 0 Å². The smallest absolute Gasteiger partial charge is 0.338 e. The van der Waals surface area contributed by atoms with Crippen LogP contribution in [-0.2, 0) is 14.3 Å². The summed E-state index contributed by atoms with van der Waals surface area (Å²) in [4.78, 5) is 32.0. The molecule has 5 nitrogen and oxygen atoms in total. The number of hydrogen-bond acceptors (Lipinski definition) is 5. The summed E-state index contributed by atoms with van der Waals surface area (Å²) in [6, 6.07) is 7.38. The second-order valence-corrected chi connectivity index (χ2v) is 8.94. The van der Waals surface area contributed by atoms with Crippen LogP contribution in [0.1, 0.15) is 45.7 Å². The van der Waals surface area contributed by atoms with Gasteiger partial charge in [0.25, 0.3) is 0 Å². The SMILES string of the molecule is CC[C@@H]1SC2=NC(C)=C(C(=O)OC(C)C)[C@H](c3ccc(I)cc3)N2C1=O. The molecule has 138 valence electrons. The Morgan fingerprint density at radius 1 is 1.35 bits per heavy atom. The molecule has 2 heterocycles. The summed E-state index contributed by atoms with van der Waals surface area (Å²) in [7, 11) is 0. The van der Waals surface area contributed by atoms with Crippen LogP contribution in [0.5, 0.6) is 0 Å². The number of rotatable bonds is 4. The standard InChI is InChI=1S/C19H21IN2O3S/c1-5-14-17(23)22-16(12-6-8-13(20)9-7-12)15(18(24)25-10(2)3)11(4)21-19(22)26-14/h6-10,14,16H,5H2,1-4H3/t14-,16-/m0/s1. The summed E-state index contributed by atoms with van der Waals surface area (Å²) in [5, 5.41) is 0.511. The number of benzene rings is 1. The normalized spacial score (nSPS) is 22.6. The van der Waals surface area contributed by atoms with Crippen molar-refractivity contribution in [3.63, 3.8) is 0 Å². The molecule has 0 N–H and O–H groups in total. The van der Waals surface area contributed by atoms with Crippen LogP contribution in [0.15, 0.2) is 40.5 Å².